The highest BCUT2D eigenvalue weighted by atomic mass is 79.9. The van der Waals surface area contributed by atoms with Crippen LogP contribution in [-0.4, -0.2) is 30.4 Å². The number of anilines is 2. The summed E-state index contributed by atoms with van der Waals surface area (Å²) in [4.78, 5) is 13.5. The minimum Gasteiger partial charge on any atom is -0.397 e. The maximum atomic E-state index is 13.2. The van der Waals surface area contributed by atoms with Crippen LogP contribution in [0.25, 0.3) is 0 Å². The number of halogens is 2. The first kappa shape index (κ1) is 14.8. The van der Waals surface area contributed by atoms with E-state index in [2.05, 4.69) is 21.2 Å². The summed E-state index contributed by atoms with van der Waals surface area (Å²) in [7, 11) is 1.73. The fourth-order valence-electron chi connectivity index (χ4n) is 1.47. The van der Waals surface area contributed by atoms with Gasteiger partial charge in [-0.25, -0.2) is 4.39 Å². The molecule has 0 bridgehead atoms. The molecule has 1 rings (SSSR count). The Hall–Kier alpha value is -1.30. The SMILES string of the molecule is CCN(C)C(=O)C(C)Nc1cc(Br)c(F)cc1N. The van der Waals surface area contributed by atoms with Crippen molar-refractivity contribution in [2.24, 2.45) is 0 Å². The van der Waals surface area contributed by atoms with Gasteiger partial charge in [-0.3, -0.25) is 4.79 Å². The average molecular weight is 318 g/mol. The molecule has 0 saturated carbocycles. The molecular formula is C12H17BrFN3O. The molecule has 0 aromatic heterocycles. The van der Waals surface area contributed by atoms with Crippen LogP contribution in [0, 0.1) is 5.82 Å². The molecule has 1 aromatic rings. The molecule has 1 amide bonds. The lowest BCUT2D eigenvalue weighted by Crippen LogP contribution is -2.38. The highest BCUT2D eigenvalue weighted by Gasteiger charge is 2.17. The van der Waals surface area contributed by atoms with Crippen LogP contribution >= 0.6 is 15.9 Å². The molecule has 0 aliphatic rings. The van der Waals surface area contributed by atoms with Crippen molar-refractivity contribution in [1.82, 2.24) is 4.90 Å². The number of amides is 1. The number of hydrogen-bond donors (Lipinski definition) is 2. The number of carbonyl (C=O) groups is 1. The second kappa shape index (κ2) is 6.04. The molecule has 0 aliphatic heterocycles. The Morgan fingerprint density at radius 3 is 2.78 bits per heavy atom. The van der Waals surface area contributed by atoms with Gasteiger partial charge in [0.2, 0.25) is 5.91 Å². The van der Waals surface area contributed by atoms with Crippen LogP contribution < -0.4 is 11.1 Å². The molecule has 1 unspecified atom stereocenters. The maximum Gasteiger partial charge on any atom is 0.244 e. The Balaban J connectivity index is 2.85. The number of nitrogens with two attached hydrogens (primary N) is 1. The largest absolute Gasteiger partial charge is 0.397 e. The van der Waals surface area contributed by atoms with Gasteiger partial charge in [-0.2, -0.15) is 0 Å². The summed E-state index contributed by atoms with van der Waals surface area (Å²) >= 11 is 3.08. The lowest BCUT2D eigenvalue weighted by Gasteiger charge is -2.22. The highest BCUT2D eigenvalue weighted by Crippen LogP contribution is 2.27. The summed E-state index contributed by atoms with van der Waals surface area (Å²) in [5.74, 6) is -0.472. The summed E-state index contributed by atoms with van der Waals surface area (Å²) in [5.41, 5.74) is 6.51. The summed E-state index contributed by atoms with van der Waals surface area (Å²) in [6.45, 7) is 4.27. The van der Waals surface area contributed by atoms with Gasteiger partial charge < -0.3 is 16.0 Å². The molecule has 3 N–H and O–H groups in total. The van der Waals surface area contributed by atoms with E-state index in [1.807, 2.05) is 6.92 Å². The van der Waals surface area contributed by atoms with Crippen molar-refractivity contribution >= 4 is 33.2 Å². The second-order valence-electron chi connectivity index (χ2n) is 4.07. The number of nitrogen functional groups attached to an aromatic ring is 1. The van der Waals surface area contributed by atoms with E-state index in [9.17, 15) is 9.18 Å². The van der Waals surface area contributed by atoms with Gasteiger partial charge in [-0.1, -0.05) is 0 Å². The average Bonchev–Trinajstić information content (AvgIpc) is 2.33. The number of benzene rings is 1. The quantitative estimate of drug-likeness (QED) is 0.839. The van der Waals surface area contributed by atoms with Crippen molar-refractivity contribution in [3.63, 3.8) is 0 Å². The van der Waals surface area contributed by atoms with Crippen LogP contribution in [0.2, 0.25) is 0 Å². The highest BCUT2D eigenvalue weighted by molar-refractivity contribution is 9.10. The standard InChI is InChI=1S/C12H17BrFN3O/c1-4-17(3)12(18)7(2)16-11-5-8(13)9(14)6-10(11)15/h5-7,16H,4,15H2,1-3H3. The van der Waals surface area contributed by atoms with Crippen molar-refractivity contribution in [3.05, 3.63) is 22.4 Å². The van der Waals surface area contributed by atoms with Crippen LogP contribution in [0.5, 0.6) is 0 Å². The van der Waals surface area contributed by atoms with E-state index in [1.165, 1.54) is 12.1 Å². The van der Waals surface area contributed by atoms with Crippen molar-refractivity contribution < 1.29 is 9.18 Å². The second-order valence-corrected chi connectivity index (χ2v) is 4.93. The van der Waals surface area contributed by atoms with Crippen molar-refractivity contribution in [1.29, 1.82) is 0 Å². The van der Waals surface area contributed by atoms with Crippen LogP contribution in [0.3, 0.4) is 0 Å². The summed E-state index contributed by atoms with van der Waals surface area (Å²) in [6.07, 6.45) is 0. The lowest BCUT2D eigenvalue weighted by molar-refractivity contribution is -0.130. The van der Waals surface area contributed by atoms with Crippen LogP contribution in [0.4, 0.5) is 15.8 Å². The third kappa shape index (κ3) is 3.35. The zero-order valence-electron chi connectivity index (χ0n) is 10.6. The van der Waals surface area contributed by atoms with Gasteiger partial charge in [0.1, 0.15) is 11.9 Å². The molecule has 0 spiro atoms. The van der Waals surface area contributed by atoms with Crippen LogP contribution in [0.15, 0.2) is 16.6 Å². The number of nitrogens with one attached hydrogen (secondary N) is 1. The fraction of sp³-hybridized carbons (Fsp3) is 0.417. The van der Waals surface area contributed by atoms with Crippen molar-refractivity contribution in [3.8, 4) is 0 Å². The topological polar surface area (TPSA) is 58.4 Å². The first-order valence-corrected chi connectivity index (χ1v) is 6.42. The Kier molecular flexibility index (Phi) is 4.95. The monoisotopic (exact) mass is 317 g/mol. The number of hydrogen-bond acceptors (Lipinski definition) is 3. The van der Waals surface area contributed by atoms with E-state index in [1.54, 1.807) is 18.9 Å². The molecule has 1 aromatic carbocycles. The molecule has 6 heteroatoms. The normalized spacial score (nSPS) is 12.1. The van der Waals surface area contributed by atoms with E-state index < -0.39 is 11.9 Å². The smallest absolute Gasteiger partial charge is 0.244 e. The minimum atomic E-state index is -0.428. The summed E-state index contributed by atoms with van der Waals surface area (Å²) in [5, 5.41) is 2.98. The van der Waals surface area contributed by atoms with Gasteiger partial charge in [-0.05, 0) is 35.8 Å². The summed E-state index contributed by atoms with van der Waals surface area (Å²) in [6, 6.07) is 2.32. The van der Waals surface area contributed by atoms with Crippen LogP contribution in [-0.2, 0) is 4.79 Å². The fourth-order valence-corrected chi connectivity index (χ4v) is 1.81. The minimum absolute atomic E-state index is 0.0441. The third-order valence-electron chi connectivity index (χ3n) is 2.69. The third-order valence-corrected chi connectivity index (χ3v) is 3.29. The zero-order valence-corrected chi connectivity index (χ0v) is 12.2. The van der Waals surface area contributed by atoms with E-state index in [4.69, 9.17) is 5.73 Å². The van der Waals surface area contributed by atoms with Gasteiger partial charge >= 0.3 is 0 Å². The van der Waals surface area contributed by atoms with Gasteiger partial charge in [0.15, 0.2) is 0 Å². The first-order valence-electron chi connectivity index (χ1n) is 5.62. The first-order chi connectivity index (χ1) is 8.36. The van der Waals surface area contributed by atoms with Crippen molar-refractivity contribution in [2.75, 3.05) is 24.6 Å². The molecule has 0 aliphatic carbocycles. The Labute approximate surface area is 114 Å². The summed E-state index contributed by atoms with van der Waals surface area (Å²) < 4.78 is 13.5. The number of carbonyl (C=O) groups excluding carboxylic acids is 1. The number of likely N-dealkylation sites (N-methyl/N-ethyl adjacent to an activating group) is 1. The molecular weight excluding hydrogens is 301 g/mol. The van der Waals surface area contributed by atoms with Gasteiger partial charge in [0.25, 0.3) is 0 Å². The lowest BCUT2D eigenvalue weighted by atomic mass is 10.2. The Morgan fingerprint density at radius 1 is 1.61 bits per heavy atom. The van der Waals surface area contributed by atoms with Gasteiger partial charge in [0, 0.05) is 19.7 Å². The molecule has 1 atom stereocenters. The molecule has 100 valence electrons. The van der Waals surface area contributed by atoms with Crippen LogP contribution in [0.1, 0.15) is 13.8 Å². The van der Waals surface area contributed by atoms with Crippen molar-refractivity contribution in [2.45, 2.75) is 19.9 Å². The van der Waals surface area contributed by atoms with Gasteiger partial charge in [-0.15, -0.1) is 0 Å². The van der Waals surface area contributed by atoms with E-state index in [0.29, 0.717) is 16.7 Å². The molecule has 0 fully saturated rings. The number of rotatable bonds is 4. The van der Waals surface area contributed by atoms with E-state index in [-0.39, 0.29) is 11.6 Å². The molecule has 4 nitrogen and oxygen atoms in total. The predicted octanol–water partition coefficient (Wildman–Crippen LogP) is 2.45. The molecule has 0 radical (unpaired) electrons. The van der Waals surface area contributed by atoms with Gasteiger partial charge in [0.05, 0.1) is 15.8 Å². The van der Waals surface area contributed by atoms with E-state index in [0.717, 1.165) is 0 Å². The maximum absolute atomic E-state index is 13.2. The zero-order chi connectivity index (χ0) is 13.9. The number of nitrogens with zero attached hydrogens (tertiary/aromatic N) is 1. The van der Waals surface area contributed by atoms with E-state index >= 15 is 0 Å². The molecule has 18 heavy (non-hydrogen) atoms. The molecule has 0 saturated heterocycles. The molecule has 0 heterocycles. The predicted molar refractivity (Wildman–Crippen MR) is 74.9 cm³/mol. The Morgan fingerprint density at radius 2 is 2.22 bits per heavy atom. The Bertz CT molecular complexity index is 453.